The maximum Gasteiger partial charge on any atom is 0.138 e. The van der Waals surface area contributed by atoms with Crippen LogP contribution in [-0.4, -0.2) is 11.3 Å². The lowest BCUT2D eigenvalue weighted by molar-refractivity contribution is 0.711. The molecule has 0 fully saturated rings. The molecule has 3 N–H and O–H groups in total. The number of rotatable bonds is 8. The van der Waals surface area contributed by atoms with Gasteiger partial charge in [-0.15, -0.1) is 0 Å². The number of hydrogen-bond acceptors (Lipinski definition) is 4. The van der Waals surface area contributed by atoms with Crippen LogP contribution in [-0.2, 0) is 0 Å². The van der Waals surface area contributed by atoms with Crippen LogP contribution in [0.1, 0.15) is 26.5 Å². The number of allylic oxidation sites excluding steroid dienone is 2. The van der Waals surface area contributed by atoms with E-state index in [1.165, 1.54) is 0 Å². The number of aliphatic imine (C=N–C) groups is 1. The lowest BCUT2D eigenvalue weighted by Crippen LogP contribution is -2.24. The molecule has 0 aromatic carbocycles. The first kappa shape index (κ1) is 16.5. The Morgan fingerprint density at radius 1 is 1.38 bits per heavy atom. The third-order valence-electron chi connectivity index (χ3n) is 2.43. The molecule has 0 aliphatic rings. The highest BCUT2D eigenvalue weighted by molar-refractivity contribution is 5.82. The summed E-state index contributed by atoms with van der Waals surface area (Å²) in [5, 5.41) is 3.07. The highest BCUT2D eigenvalue weighted by Crippen LogP contribution is 2.18. The lowest BCUT2D eigenvalue weighted by Gasteiger charge is -2.08. The van der Waals surface area contributed by atoms with E-state index in [1.807, 2.05) is 31.3 Å². The summed E-state index contributed by atoms with van der Waals surface area (Å²) < 4.78 is 0. The van der Waals surface area contributed by atoms with E-state index in [0.29, 0.717) is 11.7 Å². The molecular formula is C16H23N5. The Kier molecular flexibility index (Phi) is 6.74. The van der Waals surface area contributed by atoms with Gasteiger partial charge in [-0.3, -0.25) is 10.4 Å². The van der Waals surface area contributed by atoms with Gasteiger partial charge in [-0.05, 0) is 30.5 Å². The van der Waals surface area contributed by atoms with E-state index in [1.54, 1.807) is 12.5 Å². The first-order valence-corrected chi connectivity index (χ1v) is 6.77. The second kappa shape index (κ2) is 8.58. The fraction of sp³-hybridized carbons (Fsp3) is 0.250. The van der Waals surface area contributed by atoms with Crippen LogP contribution in [0.4, 0.5) is 5.69 Å². The molecule has 0 spiro atoms. The van der Waals surface area contributed by atoms with Crippen molar-refractivity contribution in [3.05, 3.63) is 55.3 Å². The van der Waals surface area contributed by atoms with E-state index in [2.05, 4.69) is 53.2 Å². The number of hydrogen-bond donors (Lipinski definition) is 3. The van der Waals surface area contributed by atoms with Crippen LogP contribution in [0, 0.1) is 5.92 Å². The molecule has 112 valence electrons. The van der Waals surface area contributed by atoms with Gasteiger partial charge in [0.1, 0.15) is 5.82 Å². The topological polar surface area (TPSA) is 61.3 Å². The van der Waals surface area contributed by atoms with Crippen molar-refractivity contribution in [2.24, 2.45) is 10.9 Å². The van der Waals surface area contributed by atoms with Crippen molar-refractivity contribution in [3.63, 3.8) is 0 Å². The molecule has 21 heavy (non-hydrogen) atoms. The summed E-state index contributed by atoms with van der Waals surface area (Å²) in [6, 6.07) is 3.77. The van der Waals surface area contributed by atoms with Gasteiger partial charge in [-0.1, -0.05) is 33.1 Å². The van der Waals surface area contributed by atoms with Crippen molar-refractivity contribution in [2.75, 3.05) is 5.32 Å². The number of hydrazine groups is 1. The molecule has 0 amide bonds. The molecular weight excluding hydrogens is 262 g/mol. The molecule has 0 aliphatic carbocycles. The predicted octanol–water partition coefficient (Wildman–Crippen LogP) is 3.29. The van der Waals surface area contributed by atoms with Crippen LogP contribution in [0.25, 0.3) is 5.57 Å². The minimum atomic E-state index is 0.490. The smallest absolute Gasteiger partial charge is 0.138 e. The van der Waals surface area contributed by atoms with Crippen LogP contribution >= 0.6 is 0 Å². The van der Waals surface area contributed by atoms with Crippen molar-refractivity contribution in [1.82, 2.24) is 15.8 Å². The Hall–Kier alpha value is -2.56. The van der Waals surface area contributed by atoms with E-state index < -0.39 is 0 Å². The molecule has 1 aromatic heterocycles. The first-order chi connectivity index (χ1) is 10.0. The number of anilines is 1. The Morgan fingerprint density at radius 3 is 2.81 bits per heavy atom. The van der Waals surface area contributed by atoms with Crippen LogP contribution < -0.4 is 16.2 Å². The lowest BCUT2D eigenvalue weighted by atomic mass is 10.2. The van der Waals surface area contributed by atoms with E-state index in [-0.39, 0.29) is 0 Å². The molecule has 0 radical (unpaired) electrons. The van der Waals surface area contributed by atoms with Gasteiger partial charge in [0.2, 0.25) is 0 Å². The molecule has 0 atom stereocenters. The van der Waals surface area contributed by atoms with Crippen molar-refractivity contribution in [3.8, 4) is 0 Å². The highest BCUT2D eigenvalue weighted by atomic mass is 15.4. The fourth-order valence-electron chi connectivity index (χ4n) is 1.44. The van der Waals surface area contributed by atoms with Gasteiger partial charge in [0.05, 0.1) is 17.7 Å². The minimum absolute atomic E-state index is 0.490. The third kappa shape index (κ3) is 6.42. The molecule has 0 unspecified atom stereocenters. The zero-order valence-corrected chi connectivity index (χ0v) is 12.9. The van der Waals surface area contributed by atoms with Crippen molar-refractivity contribution >= 4 is 17.6 Å². The van der Waals surface area contributed by atoms with Gasteiger partial charge < -0.3 is 10.7 Å². The fourth-order valence-corrected chi connectivity index (χ4v) is 1.44. The van der Waals surface area contributed by atoms with Crippen LogP contribution in [0.5, 0.6) is 0 Å². The maximum atomic E-state index is 4.27. The number of pyridine rings is 1. The van der Waals surface area contributed by atoms with Gasteiger partial charge >= 0.3 is 0 Å². The number of nitrogens with zero attached hydrogens (tertiary/aromatic N) is 2. The molecule has 0 saturated heterocycles. The molecule has 1 heterocycles. The summed E-state index contributed by atoms with van der Waals surface area (Å²) in [5.41, 5.74) is 8.32. The second-order valence-corrected chi connectivity index (χ2v) is 4.90. The highest BCUT2D eigenvalue weighted by Gasteiger charge is 2.01. The molecule has 5 nitrogen and oxygen atoms in total. The molecule has 0 aliphatic heterocycles. The summed E-state index contributed by atoms with van der Waals surface area (Å²) in [6.45, 7) is 13.8. The van der Waals surface area contributed by atoms with Gasteiger partial charge in [-0.2, -0.15) is 0 Å². The van der Waals surface area contributed by atoms with Gasteiger partial charge in [0.25, 0.3) is 0 Å². The normalized spacial score (nSPS) is 11.0. The summed E-state index contributed by atoms with van der Waals surface area (Å²) in [4.78, 5) is 8.41. The minimum Gasteiger partial charge on any atom is -0.345 e. The largest absolute Gasteiger partial charge is 0.345 e. The average molecular weight is 285 g/mol. The van der Waals surface area contributed by atoms with Gasteiger partial charge in [0.15, 0.2) is 0 Å². The maximum absolute atomic E-state index is 4.27. The van der Waals surface area contributed by atoms with Crippen LogP contribution in [0.2, 0.25) is 0 Å². The predicted molar refractivity (Wildman–Crippen MR) is 90.4 cm³/mol. The van der Waals surface area contributed by atoms with E-state index in [0.717, 1.165) is 17.0 Å². The average Bonchev–Trinajstić information content (AvgIpc) is 2.44. The summed E-state index contributed by atoms with van der Waals surface area (Å²) in [5.74, 6) is 0.987. The van der Waals surface area contributed by atoms with Crippen LogP contribution in [0.3, 0.4) is 0 Å². The molecule has 0 saturated carbocycles. The number of aromatic nitrogens is 1. The Labute approximate surface area is 126 Å². The summed E-state index contributed by atoms with van der Waals surface area (Å²) >= 11 is 0. The van der Waals surface area contributed by atoms with Gasteiger partial charge in [0, 0.05) is 12.4 Å². The second-order valence-electron chi connectivity index (χ2n) is 4.90. The SMILES string of the molecule is C=C(N=CNc1cccnc1C(=C)C)NNC=CC(C)C. The molecule has 1 rings (SSSR count). The van der Waals surface area contributed by atoms with E-state index in [9.17, 15) is 0 Å². The Morgan fingerprint density at radius 2 is 2.14 bits per heavy atom. The third-order valence-corrected chi connectivity index (χ3v) is 2.43. The zero-order valence-electron chi connectivity index (χ0n) is 12.9. The van der Waals surface area contributed by atoms with Crippen molar-refractivity contribution < 1.29 is 0 Å². The number of nitrogens with one attached hydrogen (secondary N) is 3. The Balaban J connectivity index is 2.48. The van der Waals surface area contributed by atoms with Crippen molar-refractivity contribution in [2.45, 2.75) is 20.8 Å². The van der Waals surface area contributed by atoms with Crippen molar-refractivity contribution in [1.29, 1.82) is 0 Å². The summed E-state index contributed by atoms with van der Waals surface area (Å²) in [7, 11) is 0. The van der Waals surface area contributed by atoms with Crippen LogP contribution in [0.15, 0.2) is 54.6 Å². The quantitative estimate of drug-likeness (QED) is 0.390. The summed E-state index contributed by atoms with van der Waals surface area (Å²) in [6.07, 6.45) is 7.14. The first-order valence-electron chi connectivity index (χ1n) is 6.77. The van der Waals surface area contributed by atoms with E-state index >= 15 is 0 Å². The molecule has 1 aromatic rings. The standard InChI is InChI=1S/C16H23N5/c1-12(2)8-10-20-21-14(5)18-11-19-15-7-6-9-17-16(15)13(3)4/h6-12,20-21H,3,5H2,1-2,4H3,(H,18,19). The molecule has 5 heteroatoms. The van der Waals surface area contributed by atoms with Gasteiger partial charge in [-0.25, -0.2) is 4.99 Å². The van der Waals surface area contributed by atoms with E-state index in [4.69, 9.17) is 0 Å². The monoisotopic (exact) mass is 285 g/mol. The zero-order chi connectivity index (χ0) is 15.7. The molecule has 0 bridgehead atoms. The Bertz CT molecular complexity index is 543.